The second-order valence-electron chi connectivity index (χ2n) is 7.74. The zero-order chi connectivity index (χ0) is 19.3. The summed E-state index contributed by atoms with van der Waals surface area (Å²) in [7, 11) is -3.28. The molecule has 0 bridgehead atoms. The fraction of sp³-hybridized carbons (Fsp3) is 0.650. The Kier molecular flexibility index (Phi) is 7.24. The quantitative estimate of drug-likeness (QED) is 0.730. The standard InChI is InChI=1S/C20H32N2O3S/c1-16(2)5-8-20(23)22-11-9-21(10-12-22)13-14-26(24,25)19-15-17(3)6-7-18(19)4/h6-7,15-16H,5,8-14H2,1-4H3. The van der Waals surface area contributed by atoms with E-state index in [2.05, 4.69) is 18.7 Å². The van der Waals surface area contributed by atoms with E-state index in [9.17, 15) is 13.2 Å². The predicted octanol–water partition coefficient (Wildman–Crippen LogP) is 2.66. The fourth-order valence-corrected chi connectivity index (χ4v) is 4.84. The minimum absolute atomic E-state index is 0.124. The molecular formula is C20H32N2O3S. The van der Waals surface area contributed by atoms with E-state index in [1.807, 2.05) is 30.9 Å². The van der Waals surface area contributed by atoms with Crippen molar-refractivity contribution in [3.05, 3.63) is 29.3 Å². The Balaban J connectivity index is 1.84. The van der Waals surface area contributed by atoms with Crippen molar-refractivity contribution >= 4 is 15.7 Å². The molecule has 0 atom stereocenters. The zero-order valence-corrected chi connectivity index (χ0v) is 17.3. The Morgan fingerprint density at radius 1 is 1.12 bits per heavy atom. The number of nitrogens with zero attached hydrogens (tertiary/aromatic N) is 2. The first-order valence-corrected chi connectivity index (χ1v) is 11.1. The molecule has 2 rings (SSSR count). The van der Waals surface area contributed by atoms with Gasteiger partial charge in [-0.2, -0.15) is 0 Å². The molecule has 0 unspecified atom stereocenters. The molecule has 0 aromatic heterocycles. The Morgan fingerprint density at radius 3 is 2.38 bits per heavy atom. The van der Waals surface area contributed by atoms with E-state index >= 15 is 0 Å². The summed E-state index contributed by atoms with van der Waals surface area (Å²) in [5.74, 6) is 0.885. The number of hydrogen-bond donors (Lipinski definition) is 0. The summed E-state index contributed by atoms with van der Waals surface area (Å²) >= 11 is 0. The molecule has 1 heterocycles. The number of rotatable bonds is 7. The van der Waals surface area contributed by atoms with Crippen LogP contribution in [0.1, 0.15) is 37.8 Å². The molecule has 1 fully saturated rings. The van der Waals surface area contributed by atoms with Gasteiger partial charge >= 0.3 is 0 Å². The van der Waals surface area contributed by atoms with Gasteiger partial charge in [0.05, 0.1) is 10.6 Å². The Labute approximate surface area is 158 Å². The minimum Gasteiger partial charge on any atom is -0.340 e. The first-order chi connectivity index (χ1) is 12.2. The molecule has 146 valence electrons. The van der Waals surface area contributed by atoms with Gasteiger partial charge in [0.15, 0.2) is 9.84 Å². The number of amides is 1. The summed E-state index contributed by atoms with van der Waals surface area (Å²) in [4.78, 5) is 16.7. The molecule has 1 aliphatic rings. The fourth-order valence-electron chi connectivity index (χ4n) is 3.19. The predicted molar refractivity (Wildman–Crippen MR) is 105 cm³/mol. The zero-order valence-electron chi connectivity index (χ0n) is 16.5. The molecule has 6 heteroatoms. The Bertz CT molecular complexity index is 721. The molecule has 1 aromatic rings. The van der Waals surface area contributed by atoms with Crippen LogP contribution < -0.4 is 0 Å². The number of aryl methyl sites for hydroxylation is 2. The van der Waals surface area contributed by atoms with Gasteiger partial charge in [-0.25, -0.2) is 8.42 Å². The number of sulfone groups is 1. The smallest absolute Gasteiger partial charge is 0.222 e. The summed E-state index contributed by atoms with van der Waals surface area (Å²) in [6, 6.07) is 5.56. The topological polar surface area (TPSA) is 57.7 Å². The van der Waals surface area contributed by atoms with Gasteiger partial charge < -0.3 is 4.90 Å². The molecule has 1 saturated heterocycles. The van der Waals surface area contributed by atoms with Crippen molar-refractivity contribution in [2.45, 2.75) is 45.4 Å². The first-order valence-electron chi connectivity index (χ1n) is 9.49. The van der Waals surface area contributed by atoms with Gasteiger partial charge in [-0.3, -0.25) is 9.69 Å². The molecule has 0 saturated carbocycles. The van der Waals surface area contributed by atoms with Crippen molar-refractivity contribution < 1.29 is 13.2 Å². The molecule has 0 aliphatic carbocycles. The first kappa shape index (κ1) is 20.9. The molecule has 1 amide bonds. The summed E-state index contributed by atoms with van der Waals surface area (Å²) in [5, 5.41) is 0. The van der Waals surface area contributed by atoms with Crippen LogP contribution in [0.15, 0.2) is 23.1 Å². The minimum atomic E-state index is -3.28. The monoisotopic (exact) mass is 380 g/mol. The van der Waals surface area contributed by atoms with Crippen LogP contribution in [0.4, 0.5) is 0 Å². The highest BCUT2D eigenvalue weighted by atomic mass is 32.2. The number of piperazine rings is 1. The lowest BCUT2D eigenvalue weighted by Crippen LogP contribution is -2.49. The van der Waals surface area contributed by atoms with Gasteiger partial charge in [-0.05, 0) is 43.4 Å². The Hall–Kier alpha value is -1.40. The lowest BCUT2D eigenvalue weighted by Gasteiger charge is -2.34. The van der Waals surface area contributed by atoms with Crippen LogP contribution in [-0.2, 0) is 14.6 Å². The molecular weight excluding hydrogens is 348 g/mol. The normalized spacial score (nSPS) is 16.3. The van der Waals surface area contributed by atoms with E-state index in [1.165, 1.54) is 0 Å². The van der Waals surface area contributed by atoms with E-state index in [0.717, 1.165) is 30.6 Å². The van der Waals surface area contributed by atoms with Crippen molar-refractivity contribution in [2.75, 3.05) is 38.5 Å². The highest BCUT2D eigenvalue weighted by molar-refractivity contribution is 7.91. The lowest BCUT2D eigenvalue weighted by molar-refractivity contribution is -0.133. The largest absolute Gasteiger partial charge is 0.340 e. The molecule has 1 aromatic carbocycles. The average Bonchev–Trinajstić information content (AvgIpc) is 2.60. The van der Waals surface area contributed by atoms with Crippen LogP contribution in [0, 0.1) is 19.8 Å². The summed E-state index contributed by atoms with van der Waals surface area (Å²) in [6.07, 6.45) is 1.53. The van der Waals surface area contributed by atoms with E-state index in [1.54, 1.807) is 6.07 Å². The third-order valence-electron chi connectivity index (χ3n) is 5.02. The van der Waals surface area contributed by atoms with Crippen LogP contribution in [0.25, 0.3) is 0 Å². The highest BCUT2D eigenvalue weighted by Gasteiger charge is 2.23. The SMILES string of the molecule is Cc1ccc(C)c(S(=O)(=O)CCN2CCN(C(=O)CCC(C)C)CC2)c1. The van der Waals surface area contributed by atoms with E-state index < -0.39 is 9.84 Å². The second-order valence-corrected chi connectivity index (χ2v) is 9.82. The van der Waals surface area contributed by atoms with Crippen molar-refractivity contribution in [1.29, 1.82) is 0 Å². The highest BCUT2D eigenvalue weighted by Crippen LogP contribution is 2.19. The third-order valence-corrected chi connectivity index (χ3v) is 6.85. The molecule has 1 aliphatic heterocycles. The molecule has 5 nitrogen and oxygen atoms in total. The van der Waals surface area contributed by atoms with Crippen LogP contribution in [0.3, 0.4) is 0 Å². The molecule has 26 heavy (non-hydrogen) atoms. The summed E-state index contributed by atoms with van der Waals surface area (Å²) in [6.45, 7) is 11.4. The van der Waals surface area contributed by atoms with Crippen LogP contribution in [0.2, 0.25) is 0 Å². The summed E-state index contributed by atoms with van der Waals surface area (Å²) in [5.41, 5.74) is 1.76. The van der Waals surface area contributed by atoms with Crippen molar-refractivity contribution in [3.8, 4) is 0 Å². The maximum atomic E-state index is 12.7. The van der Waals surface area contributed by atoms with Crippen LogP contribution >= 0.6 is 0 Å². The average molecular weight is 381 g/mol. The van der Waals surface area contributed by atoms with Gasteiger partial charge in [0.1, 0.15) is 0 Å². The second kappa shape index (κ2) is 9.00. The number of carbonyl (C=O) groups excluding carboxylic acids is 1. The lowest BCUT2D eigenvalue weighted by atomic mass is 10.1. The molecule has 0 spiro atoms. The number of carbonyl (C=O) groups is 1. The van der Waals surface area contributed by atoms with Gasteiger partial charge in [0.25, 0.3) is 0 Å². The van der Waals surface area contributed by atoms with Gasteiger partial charge in [-0.15, -0.1) is 0 Å². The van der Waals surface area contributed by atoms with Crippen LogP contribution in [-0.4, -0.2) is 62.6 Å². The van der Waals surface area contributed by atoms with Gasteiger partial charge in [-0.1, -0.05) is 26.0 Å². The Morgan fingerprint density at radius 2 is 1.77 bits per heavy atom. The number of hydrogen-bond acceptors (Lipinski definition) is 4. The maximum Gasteiger partial charge on any atom is 0.222 e. The maximum absolute atomic E-state index is 12.7. The van der Waals surface area contributed by atoms with Gasteiger partial charge in [0, 0.05) is 39.1 Å². The molecule has 0 N–H and O–H groups in total. The van der Waals surface area contributed by atoms with E-state index in [4.69, 9.17) is 0 Å². The molecule has 0 radical (unpaired) electrons. The van der Waals surface area contributed by atoms with Crippen molar-refractivity contribution in [2.24, 2.45) is 5.92 Å². The van der Waals surface area contributed by atoms with Crippen molar-refractivity contribution in [1.82, 2.24) is 9.80 Å². The summed E-state index contributed by atoms with van der Waals surface area (Å²) < 4.78 is 25.4. The van der Waals surface area contributed by atoms with Gasteiger partial charge in [0.2, 0.25) is 5.91 Å². The van der Waals surface area contributed by atoms with E-state index in [-0.39, 0.29) is 11.7 Å². The third kappa shape index (κ3) is 5.81. The number of benzene rings is 1. The van der Waals surface area contributed by atoms with E-state index in [0.29, 0.717) is 36.9 Å². The van der Waals surface area contributed by atoms with Crippen LogP contribution in [0.5, 0.6) is 0 Å². The van der Waals surface area contributed by atoms with Crippen molar-refractivity contribution in [3.63, 3.8) is 0 Å².